The highest BCUT2D eigenvalue weighted by Crippen LogP contribution is 2.38. The van der Waals surface area contributed by atoms with Crippen molar-refractivity contribution in [2.75, 3.05) is 47.5 Å². The molecular formula is C72H120NO8P. The summed E-state index contributed by atoms with van der Waals surface area (Å²) in [6, 6.07) is 0. The van der Waals surface area contributed by atoms with Gasteiger partial charge in [-0.2, -0.15) is 0 Å². The van der Waals surface area contributed by atoms with E-state index in [1.807, 2.05) is 21.1 Å². The van der Waals surface area contributed by atoms with Gasteiger partial charge in [-0.25, -0.2) is 0 Å². The van der Waals surface area contributed by atoms with Crippen LogP contribution in [-0.2, 0) is 32.7 Å². The zero-order valence-corrected chi connectivity index (χ0v) is 53.8. The van der Waals surface area contributed by atoms with Crippen LogP contribution in [0.25, 0.3) is 0 Å². The lowest BCUT2D eigenvalue weighted by Gasteiger charge is -2.28. The Kier molecular flexibility index (Phi) is 58.4. The van der Waals surface area contributed by atoms with Gasteiger partial charge >= 0.3 is 11.9 Å². The maximum Gasteiger partial charge on any atom is 0.306 e. The Labute approximate surface area is 503 Å². The smallest absolute Gasteiger partial charge is 0.306 e. The van der Waals surface area contributed by atoms with Gasteiger partial charge in [-0.15, -0.1) is 0 Å². The minimum Gasteiger partial charge on any atom is -0.756 e. The average Bonchev–Trinajstić information content (AvgIpc) is 3.46. The number of carbonyl (C=O) groups excluding carboxylic acids is 2. The number of likely N-dealkylation sites (N-methyl/N-ethyl adjacent to an activating group) is 1. The van der Waals surface area contributed by atoms with E-state index in [0.29, 0.717) is 17.4 Å². The van der Waals surface area contributed by atoms with Crippen molar-refractivity contribution in [3.63, 3.8) is 0 Å². The van der Waals surface area contributed by atoms with Crippen molar-refractivity contribution >= 4 is 19.8 Å². The second-order valence-corrected chi connectivity index (χ2v) is 23.8. The topological polar surface area (TPSA) is 111 Å². The summed E-state index contributed by atoms with van der Waals surface area (Å²) in [5.41, 5.74) is 0. The molecule has 0 aliphatic heterocycles. The molecule has 0 N–H and O–H groups in total. The Morgan fingerprint density at radius 1 is 0.390 bits per heavy atom. The van der Waals surface area contributed by atoms with E-state index in [1.54, 1.807) is 0 Å². The first kappa shape index (κ1) is 77.9. The Morgan fingerprint density at radius 3 is 1.06 bits per heavy atom. The van der Waals surface area contributed by atoms with Crippen LogP contribution in [0.1, 0.15) is 245 Å². The molecule has 0 heterocycles. The van der Waals surface area contributed by atoms with Gasteiger partial charge in [-0.05, 0) is 122 Å². The van der Waals surface area contributed by atoms with Crippen molar-refractivity contribution in [2.45, 2.75) is 251 Å². The van der Waals surface area contributed by atoms with Gasteiger partial charge in [0.1, 0.15) is 19.8 Å². The summed E-state index contributed by atoms with van der Waals surface area (Å²) >= 11 is 0. The number of rotatable bonds is 58. The standard InChI is InChI=1S/C72H120NO8P/c1-6-8-10-12-14-16-18-20-22-24-26-28-30-32-33-34-35-36-37-38-39-41-43-45-47-49-51-53-55-57-59-61-63-65-72(75)81-70(69-80-82(76,77)79-67-66-73(3,4)5)68-78-71(74)64-62-60-58-56-54-52-50-48-46-44-42-40-31-29-27-25-23-21-19-17-15-13-11-9-7-2/h8,10,14,16,19-22,25-28,32-33,35-36,38-39,43,45,49,51,55,57,70H,6-7,9,11-13,15,17-18,23-24,29-31,34,37,40-42,44,46-48,50,52-54,56,58-69H2,1-5H3/b10-8-,16-14-,21-19-,22-20-,27-25-,28-26-,33-32-,36-35-,39-38-,45-43-,51-49-,57-55-. The van der Waals surface area contributed by atoms with E-state index >= 15 is 0 Å². The Hall–Kier alpha value is -4.11. The molecule has 0 aromatic heterocycles. The highest BCUT2D eigenvalue weighted by atomic mass is 31.2. The molecule has 0 spiro atoms. The minimum absolute atomic E-state index is 0.0473. The normalized spacial score (nSPS) is 14.2. The van der Waals surface area contributed by atoms with Gasteiger partial charge in [0.15, 0.2) is 6.10 Å². The third-order valence-electron chi connectivity index (χ3n) is 13.3. The van der Waals surface area contributed by atoms with Crippen molar-refractivity contribution < 1.29 is 42.1 Å². The molecule has 0 aliphatic carbocycles. The maximum absolute atomic E-state index is 12.8. The fraction of sp³-hybridized carbons (Fsp3) is 0.639. The van der Waals surface area contributed by atoms with Crippen molar-refractivity contribution in [1.82, 2.24) is 0 Å². The van der Waals surface area contributed by atoms with Crippen LogP contribution in [0.3, 0.4) is 0 Å². The number of hydrogen-bond donors (Lipinski definition) is 0. The molecule has 9 nitrogen and oxygen atoms in total. The molecule has 0 amide bonds. The van der Waals surface area contributed by atoms with Gasteiger partial charge in [0.25, 0.3) is 7.82 Å². The van der Waals surface area contributed by atoms with E-state index in [0.717, 1.165) is 109 Å². The fourth-order valence-electron chi connectivity index (χ4n) is 8.36. The van der Waals surface area contributed by atoms with E-state index in [-0.39, 0.29) is 26.1 Å². The largest absolute Gasteiger partial charge is 0.756 e. The molecule has 10 heteroatoms. The number of nitrogens with zero attached hydrogens (tertiary/aromatic N) is 1. The number of phosphoric acid groups is 1. The molecule has 0 aliphatic rings. The Morgan fingerprint density at radius 2 is 0.695 bits per heavy atom. The number of quaternary nitrogens is 1. The van der Waals surface area contributed by atoms with Gasteiger partial charge in [0.2, 0.25) is 0 Å². The predicted octanol–water partition coefficient (Wildman–Crippen LogP) is 20.4. The second kappa shape index (κ2) is 61.5. The first-order chi connectivity index (χ1) is 40.0. The summed E-state index contributed by atoms with van der Waals surface area (Å²) in [5.74, 6) is -0.892. The molecule has 0 radical (unpaired) electrons. The molecule has 0 aromatic rings. The van der Waals surface area contributed by atoms with E-state index in [2.05, 4.69) is 160 Å². The molecule has 0 fully saturated rings. The summed E-state index contributed by atoms with van der Waals surface area (Å²) in [6.45, 7) is 4.06. The van der Waals surface area contributed by atoms with Crippen LogP contribution >= 0.6 is 7.82 Å². The number of phosphoric ester groups is 1. The van der Waals surface area contributed by atoms with Crippen LogP contribution < -0.4 is 4.89 Å². The van der Waals surface area contributed by atoms with Crippen LogP contribution in [0, 0.1) is 0 Å². The average molecular weight is 1160 g/mol. The van der Waals surface area contributed by atoms with E-state index < -0.39 is 32.5 Å². The number of carbonyl (C=O) groups is 2. The first-order valence-electron chi connectivity index (χ1n) is 32.5. The van der Waals surface area contributed by atoms with Crippen LogP contribution in [0.15, 0.2) is 146 Å². The van der Waals surface area contributed by atoms with Gasteiger partial charge in [-0.1, -0.05) is 256 Å². The van der Waals surface area contributed by atoms with Crippen LogP contribution in [0.4, 0.5) is 0 Å². The fourth-order valence-corrected chi connectivity index (χ4v) is 9.09. The lowest BCUT2D eigenvalue weighted by atomic mass is 10.0. The molecule has 0 saturated carbocycles. The van der Waals surface area contributed by atoms with E-state index in [4.69, 9.17) is 18.5 Å². The molecular weight excluding hydrogens is 1040 g/mol. The zero-order chi connectivity index (χ0) is 59.8. The monoisotopic (exact) mass is 1160 g/mol. The summed E-state index contributed by atoms with van der Waals surface area (Å²) < 4.78 is 34.2. The molecule has 0 aromatic carbocycles. The third kappa shape index (κ3) is 65.0. The van der Waals surface area contributed by atoms with Crippen molar-refractivity contribution in [2.24, 2.45) is 0 Å². The van der Waals surface area contributed by atoms with Gasteiger partial charge in [0.05, 0.1) is 27.7 Å². The number of hydrogen-bond acceptors (Lipinski definition) is 8. The molecule has 2 atom stereocenters. The molecule has 0 saturated heterocycles. The summed E-state index contributed by atoms with van der Waals surface area (Å²) in [5, 5.41) is 0. The second-order valence-electron chi connectivity index (χ2n) is 22.4. The summed E-state index contributed by atoms with van der Waals surface area (Å²) in [6.07, 6.45) is 90.5. The highest BCUT2D eigenvalue weighted by molar-refractivity contribution is 7.45. The molecule has 2 unspecified atom stereocenters. The number of esters is 2. The van der Waals surface area contributed by atoms with E-state index in [1.165, 1.54) is 103 Å². The quantitative estimate of drug-likeness (QED) is 0.0195. The van der Waals surface area contributed by atoms with Crippen molar-refractivity contribution in [1.29, 1.82) is 0 Å². The first-order valence-corrected chi connectivity index (χ1v) is 34.0. The lowest BCUT2D eigenvalue weighted by Crippen LogP contribution is -2.37. The minimum atomic E-state index is -4.66. The Bertz CT molecular complexity index is 1890. The maximum atomic E-state index is 12.8. The number of unbranched alkanes of at least 4 members (excludes halogenated alkanes) is 20. The molecule has 82 heavy (non-hydrogen) atoms. The van der Waals surface area contributed by atoms with Crippen LogP contribution in [0.2, 0.25) is 0 Å². The van der Waals surface area contributed by atoms with E-state index in [9.17, 15) is 19.0 Å². The Balaban J connectivity index is 4.25. The highest BCUT2D eigenvalue weighted by Gasteiger charge is 2.22. The molecule has 466 valence electrons. The number of allylic oxidation sites excluding steroid dienone is 24. The summed E-state index contributed by atoms with van der Waals surface area (Å²) in [4.78, 5) is 38.0. The van der Waals surface area contributed by atoms with Crippen molar-refractivity contribution in [3.8, 4) is 0 Å². The van der Waals surface area contributed by atoms with Gasteiger partial charge in [-0.3, -0.25) is 14.2 Å². The molecule has 0 rings (SSSR count). The summed E-state index contributed by atoms with van der Waals surface area (Å²) in [7, 11) is 1.12. The number of ether oxygens (including phenoxy) is 2. The SMILES string of the molecule is CC/C=C\C/C=C\C/C=C\C/C=C\C/C=C\C/C=C\C/C=C\C/C=C\C/C=C\C/C=C\CCCCC(=O)OC(COC(=O)CCCCCCCCCCCCCCC/C=C\C/C=C\CCCCCCC)COP(=O)([O-])OCC[N+](C)(C)C. The van der Waals surface area contributed by atoms with Crippen LogP contribution in [-0.4, -0.2) is 70.0 Å². The van der Waals surface area contributed by atoms with Crippen LogP contribution in [0.5, 0.6) is 0 Å². The van der Waals surface area contributed by atoms with Gasteiger partial charge in [0, 0.05) is 12.8 Å². The molecule has 0 bridgehead atoms. The van der Waals surface area contributed by atoms with Gasteiger partial charge < -0.3 is 27.9 Å². The van der Waals surface area contributed by atoms with Crippen molar-refractivity contribution in [3.05, 3.63) is 146 Å². The third-order valence-corrected chi connectivity index (χ3v) is 14.3. The predicted molar refractivity (Wildman–Crippen MR) is 350 cm³/mol. The zero-order valence-electron chi connectivity index (χ0n) is 52.9. The lowest BCUT2D eigenvalue weighted by molar-refractivity contribution is -0.870.